The zero-order valence-electron chi connectivity index (χ0n) is 22.7. The van der Waals surface area contributed by atoms with Crippen LogP contribution < -0.4 is 25.4 Å². The van der Waals surface area contributed by atoms with Gasteiger partial charge in [-0.15, -0.1) is 0 Å². The molecule has 3 N–H and O–H groups in total. The number of rotatable bonds is 12. The van der Waals surface area contributed by atoms with Gasteiger partial charge in [0, 0.05) is 43.8 Å². The van der Waals surface area contributed by atoms with E-state index in [-0.39, 0.29) is 40.9 Å². The smallest absolute Gasteiger partial charge is 0.250 e. The Kier molecular flexibility index (Phi) is 9.92. The first-order valence-corrected chi connectivity index (χ1v) is 12.7. The van der Waals surface area contributed by atoms with Crippen LogP contribution in [0.3, 0.4) is 0 Å². The first-order chi connectivity index (χ1) is 19.9. The summed E-state index contributed by atoms with van der Waals surface area (Å²) in [4.78, 5) is 35.7. The van der Waals surface area contributed by atoms with E-state index >= 15 is 8.78 Å². The van der Waals surface area contributed by atoms with E-state index in [4.69, 9.17) is 18.9 Å². The number of nitrogens with zero attached hydrogens (tertiary/aromatic N) is 3. The lowest BCUT2D eigenvalue weighted by Crippen LogP contribution is -2.38. The Labute approximate surface area is 234 Å². The molecule has 3 heterocycles. The molecule has 1 aliphatic heterocycles. The van der Waals surface area contributed by atoms with Crippen molar-refractivity contribution in [3.8, 4) is 22.8 Å². The number of pyridine rings is 1. The van der Waals surface area contributed by atoms with Gasteiger partial charge < -0.3 is 29.6 Å². The van der Waals surface area contributed by atoms with Gasteiger partial charge in [-0.25, -0.2) is 23.7 Å². The molecule has 1 fully saturated rings. The number of aromatic nitrogens is 3. The second kappa shape index (κ2) is 13.8. The van der Waals surface area contributed by atoms with Crippen molar-refractivity contribution in [1.29, 1.82) is 0 Å². The summed E-state index contributed by atoms with van der Waals surface area (Å²) in [5.41, 5.74) is -0.0479. The van der Waals surface area contributed by atoms with Crippen LogP contribution in [0.4, 0.5) is 20.5 Å². The maximum Gasteiger partial charge on any atom is 0.250 e. The molecular formula is C27H30F2N6O6. The number of anilines is 2. The number of carbonyl (C=O) groups excluding carboxylic acids is 2. The van der Waals surface area contributed by atoms with Gasteiger partial charge in [0.1, 0.15) is 5.52 Å². The number of benzene rings is 1. The number of nitrogens with one attached hydrogen (secondary N) is 3. The van der Waals surface area contributed by atoms with E-state index in [1.165, 1.54) is 32.6 Å². The summed E-state index contributed by atoms with van der Waals surface area (Å²) < 4.78 is 51.5. The van der Waals surface area contributed by atoms with Crippen LogP contribution in [-0.4, -0.2) is 81.0 Å². The molecule has 14 heteroatoms. The number of hydrogen-bond donors (Lipinski definition) is 3. The summed E-state index contributed by atoms with van der Waals surface area (Å²) in [5, 5.41) is 8.87. The molecule has 1 aliphatic rings. The Hall–Kier alpha value is -4.43. The predicted octanol–water partition coefficient (Wildman–Crippen LogP) is 2.69. The van der Waals surface area contributed by atoms with Gasteiger partial charge in [0.15, 0.2) is 29.0 Å². The highest BCUT2D eigenvalue weighted by Crippen LogP contribution is 2.38. The molecule has 218 valence electrons. The molecule has 4 rings (SSSR count). The average molecular weight is 573 g/mol. The van der Waals surface area contributed by atoms with E-state index in [2.05, 4.69) is 30.9 Å². The molecule has 0 unspecified atom stereocenters. The highest BCUT2D eigenvalue weighted by atomic mass is 19.1. The predicted molar refractivity (Wildman–Crippen MR) is 146 cm³/mol. The van der Waals surface area contributed by atoms with Gasteiger partial charge in [-0.05, 0) is 18.6 Å². The van der Waals surface area contributed by atoms with Crippen molar-refractivity contribution in [1.82, 2.24) is 20.3 Å². The normalized spacial score (nSPS) is 16.9. The zero-order valence-corrected chi connectivity index (χ0v) is 22.7. The van der Waals surface area contributed by atoms with Crippen LogP contribution in [0.1, 0.15) is 6.42 Å². The van der Waals surface area contributed by atoms with Crippen molar-refractivity contribution >= 4 is 35.0 Å². The molecule has 0 spiro atoms. The van der Waals surface area contributed by atoms with Crippen LogP contribution >= 0.6 is 0 Å². The van der Waals surface area contributed by atoms with E-state index in [1.807, 2.05) is 0 Å². The van der Waals surface area contributed by atoms with Gasteiger partial charge in [0.05, 0.1) is 44.7 Å². The molecule has 0 saturated carbocycles. The molecule has 0 radical (unpaired) electrons. The minimum Gasteiger partial charge on any atom is -0.494 e. The molecule has 2 aromatic heterocycles. The van der Waals surface area contributed by atoms with Gasteiger partial charge in [-0.3, -0.25) is 14.9 Å². The molecule has 41 heavy (non-hydrogen) atoms. The monoisotopic (exact) mass is 572 g/mol. The summed E-state index contributed by atoms with van der Waals surface area (Å²) in [6.45, 7) is 1.51. The first kappa shape index (κ1) is 29.6. The lowest BCUT2D eigenvalue weighted by Gasteiger charge is -2.30. The quantitative estimate of drug-likeness (QED) is 0.167. The molecule has 12 nitrogen and oxygen atoms in total. The van der Waals surface area contributed by atoms with Crippen molar-refractivity contribution in [2.24, 2.45) is 5.92 Å². The lowest BCUT2D eigenvalue weighted by atomic mass is 9.94. The van der Waals surface area contributed by atoms with Crippen molar-refractivity contribution in [3.05, 3.63) is 42.1 Å². The Bertz CT molecular complexity index is 1410. The highest BCUT2D eigenvalue weighted by Gasteiger charge is 2.26. The third-order valence-electron chi connectivity index (χ3n) is 6.41. The molecule has 1 saturated heterocycles. The fourth-order valence-electron chi connectivity index (χ4n) is 4.36. The number of ether oxygens (including phenoxy) is 4. The number of carbonyl (C=O) groups is 2. The van der Waals surface area contributed by atoms with E-state index in [1.54, 1.807) is 13.2 Å². The summed E-state index contributed by atoms with van der Waals surface area (Å²) in [7, 11) is 4.08. The van der Waals surface area contributed by atoms with Crippen LogP contribution in [-0.2, 0) is 19.1 Å². The Morgan fingerprint density at radius 1 is 1.15 bits per heavy atom. The number of amides is 2. The minimum atomic E-state index is -0.932. The van der Waals surface area contributed by atoms with Gasteiger partial charge in [-0.1, -0.05) is 6.08 Å². The Morgan fingerprint density at radius 2 is 1.90 bits per heavy atom. The van der Waals surface area contributed by atoms with Crippen LogP contribution in [0.25, 0.3) is 22.2 Å². The number of imide groups is 1. The van der Waals surface area contributed by atoms with Gasteiger partial charge in [-0.2, -0.15) is 0 Å². The summed E-state index contributed by atoms with van der Waals surface area (Å²) in [5.74, 6) is -2.39. The standard InChI is InChI=1S/C27H30F2N6O6/c1-38-9-7-30-26-25-16(10-17(33-26)22-23(28)19(39-2)11-20(40-3)24(22)29)12-31-27(35-25)34-18-13-41-8-6-15(18)4-5-21(37)32-14-36/h4-5,10-12,14-15,18H,6-9,13H2,1-3H3,(H,30,33)(H,31,34,35)(H,32,36,37)/t15-,18-/m1/s1. The maximum atomic E-state index is 15.3. The molecule has 1 aromatic carbocycles. The minimum absolute atomic E-state index is 0.0200. The van der Waals surface area contributed by atoms with Crippen molar-refractivity contribution < 1.29 is 37.3 Å². The van der Waals surface area contributed by atoms with E-state index in [0.717, 1.165) is 6.07 Å². The van der Waals surface area contributed by atoms with E-state index in [9.17, 15) is 9.59 Å². The van der Waals surface area contributed by atoms with Crippen LogP contribution in [0, 0.1) is 17.6 Å². The molecule has 3 aromatic rings. The van der Waals surface area contributed by atoms with Crippen molar-refractivity contribution in [2.45, 2.75) is 12.5 Å². The Morgan fingerprint density at radius 3 is 2.59 bits per heavy atom. The third kappa shape index (κ3) is 6.84. The zero-order chi connectivity index (χ0) is 29.4. The van der Waals surface area contributed by atoms with Gasteiger partial charge in [0.2, 0.25) is 18.3 Å². The van der Waals surface area contributed by atoms with Gasteiger partial charge in [0.25, 0.3) is 0 Å². The average Bonchev–Trinajstić information content (AvgIpc) is 2.97. The third-order valence-corrected chi connectivity index (χ3v) is 6.41. The summed E-state index contributed by atoms with van der Waals surface area (Å²) in [6.07, 6.45) is 5.47. The molecule has 0 aliphatic carbocycles. The first-order valence-electron chi connectivity index (χ1n) is 12.7. The number of halogens is 2. The molecule has 2 atom stereocenters. The van der Waals surface area contributed by atoms with Gasteiger partial charge >= 0.3 is 0 Å². The van der Waals surface area contributed by atoms with Crippen LogP contribution in [0.2, 0.25) is 0 Å². The van der Waals surface area contributed by atoms with Crippen molar-refractivity contribution in [2.75, 3.05) is 58.3 Å². The van der Waals surface area contributed by atoms with E-state index in [0.29, 0.717) is 50.1 Å². The van der Waals surface area contributed by atoms with Crippen molar-refractivity contribution in [3.63, 3.8) is 0 Å². The SMILES string of the molecule is COCCNc1nc(-c2c(F)c(OC)cc(OC)c2F)cc2cnc(N[C@@H]3COCC[C@H]3C=CC(=O)NC=O)nc12. The number of methoxy groups -OCH3 is 3. The fraction of sp³-hybridized carbons (Fsp3) is 0.370. The van der Waals surface area contributed by atoms with Crippen LogP contribution in [0.15, 0.2) is 30.5 Å². The largest absolute Gasteiger partial charge is 0.494 e. The second-order valence-electron chi connectivity index (χ2n) is 8.96. The summed E-state index contributed by atoms with van der Waals surface area (Å²) in [6, 6.07) is 2.33. The fourth-order valence-corrected chi connectivity index (χ4v) is 4.36. The maximum absolute atomic E-state index is 15.3. The highest BCUT2D eigenvalue weighted by molar-refractivity contribution is 5.94. The molecule has 0 bridgehead atoms. The topological polar surface area (TPSA) is 146 Å². The number of fused-ring (bicyclic) bond motifs is 1. The van der Waals surface area contributed by atoms with Crippen LogP contribution in [0.5, 0.6) is 11.5 Å². The molecule has 2 amide bonds. The lowest BCUT2D eigenvalue weighted by molar-refractivity contribution is -0.121. The van der Waals surface area contributed by atoms with E-state index < -0.39 is 23.1 Å². The second-order valence-corrected chi connectivity index (χ2v) is 8.96. The number of hydrogen-bond acceptors (Lipinski definition) is 11. The Balaban J connectivity index is 1.73. The summed E-state index contributed by atoms with van der Waals surface area (Å²) >= 11 is 0. The molecular weight excluding hydrogens is 542 g/mol.